The summed E-state index contributed by atoms with van der Waals surface area (Å²) in [6.07, 6.45) is 3.96. The highest BCUT2D eigenvalue weighted by Crippen LogP contribution is 1.76. The van der Waals surface area contributed by atoms with E-state index in [0.717, 1.165) is 0 Å². The molecule has 0 aliphatic heterocycles. The first-order valence-corrected chi connectivity index (χ1v) is 2.06. The topological polar surface area (TPSA) is 56.4 Å². The van der Waals surface area contributed by atoms with Crippen LogP contribution in [-0.4, -0.2) is 17.6 Å². The SMILES string of the molecule is N=CCCC=NO. The molecule has 3 heteroatoms. The molecule has 0 saturated heterocycles. The van der Waals surface area contributed by atoms with Crippen LogP contribution in [0, 0.1) is 5.41 Å². The van der Waals surface area contributed by atoms with Gasteiger partial charge < -0.3 is 10.6 Å². The fraction of sp³-hybridized carbons (Fsp3) is 0.500. The summed E-state index contributed by atoms with van der Waals surface area (Å²) in [7, 11) is 0. The van der Waals surface area contributed by atoms with Crippen molar-refractivity contribution in [3.05, 3.63) is 0 Å². The molecule has 0 aliphatic carbocycles. The van der Waals surface area contributed by atoms with E-state index >= 15 is 0 Å². The Morgan fingerprint density at radius 2 is 2.29 bits per heavy atom. The van der Waals surface area contributed by atoms with Crippen molar-refractivity contribution in [3.8, 4) is 0 Å². The lowest BCUT2D eigenvalue weighted by molar-refractivity contribution is 0.320. The molecule has 0 unspecified atom stereocenters. The fourth-order valence-electron chi connectivity index (χ4n) is 0.216. The summed E-state index contributed by atoms with van der Waals surface area (Å²) >= 11 is 0. The molecule has 0 amide bonds. The van der Waals surface area contributed by atoms with E-state index in [4.69, 9.17) is 10.6 Å². The van der Waals surface area contributed by atoms with Crippen molar-refractivity contribution in [2.45, 2.75) is 12.8 Å². The molecular weight excluding hydrogens is 92.1 g/mol. The highest BCUT2D eigenvalue weighted by Gasteiger charge is 1.72. The van der Waals surface area contributed by atoms with Gasteiger partial charge in [0.05, 0.1) is 0 Å². The molecule has 0 aromatic heterocycles. The van der Waals surface area contributed by atoms with Crippen LogP contribution in [0.5, 0.6) is 0 Å². The zero-order valence-corrected chi connectivity index (χ0v) is 3.96. The minimum Gasteiger partial charge on any atom is -0.411 e. The predicted octanol–water partition coefficient (Wildman–Crippen LogP) is 0.876. The molecule has 0 radical (unpaired) electrons. The number of nitrogens with one attached hydrogen (secondary N) is 1. The van der Waals surface area contributed by atoms with Crippen LogP contribution in [0.4, 0.5) is 0 Å². The highest BCUT2D eigenvalue weighted by atomic mass is 16.4. The highest BCUT2D eigenvalue weighted by molar-refractivity contribution is 5.63. The lowest BCUT2D eigenvalue weighted by Gasteiger charge is -1.76. The zero-order chi connectivity index (χ0) is 5.54. The Hall–Kier alpha value is -0.860. The molecule has 0 fully saturated rings. The molecule has 0 aromatic rings. The first-order valence-electron chi connectivity index (χ1n) is 2.06. The van der Waals surface area contributed by atoms with Gasteiger partial charge in [-0.1, -0.05) is 0 Å². The van der Waals surface area contributed by atoms with Crippen LogP contribution in [0.25, 0.3) is 0 Å². The fourth-order valence-corrected chi connectivity index (χ4v) is 0.216. The maximum atomic E-state index is 7.79. The molecule has 0 saturated carbocycles. The van der Waals surface area contributed by atoms with Gasteiger partial charge in [0.15, 0.2) is 0 Å². The van der Waals surface area contributed by atoms with Crippen molar-refractivity contribution in [2.75, 3.05) is 0 Å². The molecule has 0 rings (SSSR count). The Bertz CT molecular complexity index is 70.1. The van der Waals surface area contributed by atoms with Gasteiger partial charge in [-0.25, -0.2) is 0 Å². The van der Waals surface area contributed by atoms with Crippen LogP contribution in [0.15, 0.2) is 5.16 Å². The number of hydrogen-bond acceptors (Lipinski definition) is 3. The molecule has 40 valence electrons. The lowest BCUT2D eigenvalue weighted by atomic mass is 10.4. The Morgan fingerprint density at radius 1 is 1.57 bits per heavy atom. The van der Waals surface area contributed by atoms with Gasteiger partial charge in [0, 0.05) is 6.21 Å². The Kier molecular flexibility index (Phi) is 4.51. The van der Waals surface area contributed by atoms with Crippen LogP contribution in [0.3, 0.4) is 0 Å². The monoisotopic (exact) mass is 100 g/mol. The molecular formula is C4H8N2O. The standard InChI is InChI=1S/C4H8N2O/c5-3-1-2-4-6-7/h3-5,7H,1-2H2. The summed E-state index contributed by atoms with van der Waals surface area (Å²) in [6, 6.07) is 0. The van der Waals surface area contributed by atoms with Gasteiger partial charge in [0.1, 0.15) is 0 Å². The van der Waals surface area contributed by atoms with Crippen LogP contribution >= 0.6 is 0 Å². The quantitative estimate of drug-likeness (QED) is 0.235. The summed E-state index contributed by atoms with van der Waals surface area (Å²) in [5.41, 5.74) is 0. The van der Waals surface area contributed by atoms with E-state index in [2.05, 4.69) is 5.16 Å². The lowest BCUT2D eigenvalue weighted by Crippen LogP contribution is -1.74. The average Bonchev–Trinajstić information content (AvgIpc) is 1.69. The van der Waals surface area contributed by atoms with Crippen LogP contribution < -0.4 is 0 Å². The molecule has 0 bridgehead atoms. The van der Waals surface area contributed by atoms with Gasteiger partial charge in [0.25, 0.3) is 0 Å². The summed E-state index contributed by atoms with van der Waals surface area (Å²) in [5, 5.41) is 17.0. The molecule has 3 nitrogen and oxygen atoms in total. The smallest absolute Gasteiger partial charge is 0.0439 e. The molecule has 0 spiro atoms. The summed E-state index contributed by atoms with van der Waals surface area (Å²) in [6.45, 7) is 0. The minimum atomic E-state index is 0.653. The molecule has 0 aliphatic rings. The number of hydrogen-bond donors (Lipinski definition) is 2. The molecule has 7 heavy (non-hydrogen) atoms. The van der Waals surface area contributed by atoms with Crippen LogP contribution in [0.1, 0.15) is 12.8 Å². The van der Waals surface area contributed by atoms with Crippen molar-refractivity contribution in [1.29, 1.82) is 5.41 Å². The van der Waals surface area contributed by atoms with E-state index in [9.17, 15) is 0 Å². The molecule has 0 atom stereocenters. The predicted molar refractivity (Wildman–Crippen MR) is 28.3 cm³/mol. The second-order valence-corrected chi connectivity index (χ2v) is 1.08. The van der Waals surface area contributed by atoms with E-state index in [1.54, 1.807) is 0 Å². The summed E-state index contributed by atoms with van der Waals surface area (Å²) < 4.78 is 0. The first kappa shape index (κ1) is 6.14. The Morgan fingerprint density at radius 3 is 2.71 bits per heavy atom. The van der Waals surface area contributed by atoms with E-state index < -0.39 is 0 Å². The van der Waals surface area contributed by atoms with E-state index in [1.165, 1.54) is 12.4 Å². The van der Waals surface area contributed by atoms with Gasteiger partial charge in [-0.3, -0.25) is 0 Å². The van der Waals surface area contributed by atoms with Gasteiger partial charge >= 0.3 is 0 Å². The normalized spacial score (nSPS) is 9.71. The van der Waals surface area contributed by atoms with Crippen LogP contribution in [0.2, 0.25) is 0 Å². The first-order chi connectivity index (χ1) is 3.41. The number of unbranched alkanes of at least 4 members (excludes halogenated alkanes) is 1. The number of nitrogens with zero attached hydrogens (tertiary/aromatic N) is 1. The van der Waals surface area contributed by atoms with Gasteiger partial charge in [-0.15, -0.1) is 5.16 Å². The van der Waals surface area contributed by atoms with Crippen molar-refractivity contribution in [2.24, 2.45) is 5.16 Å². The van der Waals surface area contributed by atoms with E-state index in [1.807, 2.05) is 0 Å². The Balaban J connectivity index is 2.82. The maximum absolute atomic E-state index is 7.79. The number of rotatable bonds is 3. The minimum absolute atomic E-state index is 0.653. The Labute approximate surface area is 42.2 Å². The van der Waals surface area contributed by atoms with Crippen molar-refractivity contribution >= 4 is 12.4 Å². The molecule has 0 aromatic carbocycles. The third-order valence-corrected chi connectivity index (χ3v) is 0.522. The second-order valence-electron chi connectivity index (χ2n) is 1.08. The molecule has 2 N–H and O–H groups in total. The summed E-state index contributed by atoms with van der Waals surface area (Å²) in [4.78, 5) is 0. The van der Waals surface area contributed by atoms with Crippen LogP contribution in [-0.2, 0) is 0 Å². The maximum Gasteiger partial charge on any atom is 0.0439 e. The average molecular weight is 100 g/mol. The van der Waals surface area contributed by atoms with Gasteiger partial charge in [-0.05, 0) is 19.1 Å². The third-order valence-electron chi connectivity index (χ3n) is 0.522. The van der Waals surface area contributed by atoms with Gasteiger partial charge in [-0.2, -0.15) is 0 Å². The zero-order valence-electron chi connectivity index (χ0n) is 3.96. The second kappa shape index (κ2) is 5.14. The number of oxime groups is 1. The summed E-state index contributed by atoms with van der Waals surface area (Å²) in [5.74, 6) is 0. The van der Waals surface area contributed by atoms with Crippen molar-refractivity contribution in [3.63, 3.8) is 0 Å². The van der Waals surface area contributed by atoms with Crippen molar-refractivity contribution < 1.29 is 5.21 Å². The van der Waals surface area contributed by atoms with Gasteiger partial charge in [0.2, 0.25) is 0 Å². The molecule has 0 heterocycles. The largest absolute Gasteiger partial charge is 0.411 e. The van der Waals surface area contributed by atoms with E-state index in [-0.39, 0.29) is 0 Å². The third kappa shape index (κ3) is 5.14. The van der Waals surface area contributed by atoms with E-state index in [0.29, 0.717) is 12.8 Å². The van der Waals surface area contributed by atoms with Crippen molar-refractivity contribution in [1.82, 2.24) is 0 Å².